The Morgan fingerprint density at radius 1 is 1.17 bits per heavy atom. The zero-order valence-electron chi connectivity index (χ0n) is 19.9. The van der Waals surface area contributed by atoms with Gasteiger partial charge in [-0.05, 0) is 42.9 Å². The highest BCUT2D eigenvalue weighted by molar-refractivity contribution is 5.96. The van der Waals surface area contributed by atoms with E-state index in [0.29, 0.717) is 39.9 Å². The number of H-pyrrole nitrogens is 1. The highest BCUT2D eigenvalue weighted by Gasteiger charge is 2.31. The third kappa shape index (κ3) is 4.43. The van der Waals surface area contributed by atoms with Gasteiger partial charge in [-0.3, -0.25) is 9.48 Å². The number of rotatable bonds is 6. The van der Waals surface area contributed by atoms with Crippen molar-refractivity contribution in [1.29, 1.82) is 0 Å². The molecule has 1 amide bonds. The van der Waals surface area contributed by atoms with Crippen LogP contribution in [0.15, 0.2) is 41.3 Å². The third-order valence-electron chi connectivity index (χ3n) is 6.87. The van der Waals surface area contributed by atoms with Crippen molar-refractivity contribution in [2.75, 3.05) is 7.11 Å². The summed E-state index contributed by atoms with van der Waals surface area (Å²) < 4.78 is 11.6. The van der Waals surface area contributed by atoms with E-state index in [1.165, 1.54) is 19.6 Å². The molecule has 1 aliphatic rings. The molecule has 0 saturated heterocycles. The van der Waals surface area contributed by atoms with Crippen LogP contribution in [0.25, 0.3) is 22.4 Å². The highest BCUT2D eigenvalue weighted by Crippen LogP contribution is 2.37. The van der Waals surface area contributed by atoms with Gasteiger partial charge in [0.15, 0.2) is 5.65 Å². The molecule has 5 rings (SSSR count). The molecule has 0 spiro atoms. The predicted octanol–water partition coefficient (Wildman–Crippen LogP) is 4.04. The molecule has 4 aromatic rings. The van der Waals surface area contributed by atoms with Crippen LogP contribution in [0.4, 0.5) is 0 Å². The molecule has 10 heteroatoms. The molecule has 1 fully saturated rings. The SMILES string of the molecule is COC(=O)c1cocc1-c1ccc2[nH]c([C@@H](NC(=O)c3ccnn3C)C3CCC(C)CC3)nc2n1. The molecule has 1 saturated carbocycles. The monoisotopic (exact) mass is 476 g/mol. The summed E-state index contributed by atoms with van der Waals surface area (Å²) in [6.07, 6.45) is 8.66. The maximum absolute atomic E-state index is 13.1. The Kier molecular flexibility index (Phi) is 6.10. The Morgan fingerprint density at radius 2 is 1.97 bits per heavy atom. The molecule has 10 nitrogen and oxygen atoms in total. The summed E-state index contributed by atoms with van der Waals surface area (Å²) in [7, 11) is 3.07. The van der Waals surface area contributed by atoms with Crippen LogP contribution in [0, 0.1) is 11.8 Å². The second-order valence-corrected chi connectivity index (χ2v) is 9.19. The number of esters is 1. The van der Waals surface area contributed by atoms with Crippen molar-refractivity contribution in [3.8, 4) is 11.3 Å². The number of fused-ring (bicyclic) bond motifs is 1. The second-order valence-electron chi connectivity index (χ2n) is 9.19. The number of furan rings is 1. The van der Waals surface area contributed by atoms with Crippen molar-refractivity contribution in [3.05, 3.63) is 54.0 Å². The Morgan fingerprint density at radius 3 is 2.69 bits per heavy atom. The predicted molar refractivity (Wildman–Crippen MR) is 127 cm³/mol. The minimum absolute atomic E-state index is 0.191. The van der Waals surface area contributed by atoms with Crippen LogP contribution in [-0.2, 0) is 11.8 Å². The van der Waals surface area contributed by atoms with Crippen molar-refractivity contribution in [2.24, 2.45) is 18.9 Å². The maximum Gasteiger partial charge on any atom is 0.341 e. The van der Waals surface area contributed by atoms with Gasteiger partial charge in [0.1, 0.15) is 29.6 Å². The number of carbonyl (C=O) groups excluding carboxylic acids is 2. The van der Waals surface area contributed by atoms with Crippen molar-refractivity contribution < 1.29 is 18.7 Å². The topological polar surface area (TPSA) is 128 Å². The number of hydrogen-bond donors (Lipinski definition) is 2. The number of aromatic nitrogens is 5. The Hall–Kier alpha value is -3.95. The van der Waals surface area contributed by atoms with Crippen LogP contribution in [-0.4, -0.2) is 43.7 Å². The van der Waals surface area contributed by atoms with E-state index in [0.717, 1.165) is 31.2 Å². The second kappa shape index (κ2) is 9.36. The lowest BCUT2D eigenvalue weighted by molar-refractivity contribution is 0.0600. The molecule has 4 heterocycles. The van der Waals surface area contributed by atoms with Gasteiger partial charge in [0.05, 0.1) is 29.9 Å². The number of aromatic amines is 1. The van der Waals surface area contributed by atoms with E-state index >= 15 is 0 Å². The average molecular weight is 477 g/mol. The number of amides is 1. The molecule has 182 valence electrons. The van der Waals surface area contributed by atoms with Crippen LogP contribution < -0.4 is 5.32 Å². The number of nitrogens with zero attached hydrogens (tertiary/aromatic N) is 4. The molecule has 2 N–H and O–H groups in total. The standard InChI is InChI=1S/C25H28N6O4/c1-14-4-6-15(7-5-14)21(29-24(32)20-10-11-26-31(20)2)23-28-19-9-8-18(27-22(19)30-23)16-12-35-13-17(16)25(33)34-3/h8-15,21H,4-7H2,1-3H3,(H,29,32)(H,27,28,30)/t14?,15?,21-/m0/s1. The lowest BCUT2D eigenvalue weighted by atomic mass is 9.79. The van der Waals surface area contributed by atoms with Crippen LogP contribution in [0.1, 0.15) is 65.3 Å². The molecule has 1 atom stereocenters. The lowest BCUT2D eigenvalue weighted by Gasteiger charge is -2.32. The Labute approximate surface area is 202 Å². The average Bonchev–Trinajstić information content (AvgIpc) is 3.61. The maximum atomic E-state index is 13.1. The molecular formula is C25H28N6O4. The number of pyridine rings is 1. The van der Waals surface area contributed by atoms with E-state index < -0.39 is 5.97 Å². The molecule has 0 aromatic carbocycles. The summed E-state index contributed by atoms with van der Waals surface area (Å²) in [4.78, 5) is 38.0. The number of aryl methyl sites for hydroxylation is 1. The number of methoxy groups -OCH3 is 1. The largest absolute Gasteiger partial charge is 0.471 e. The quantitative estimate of drug-likeness (QED) is 0.402. The summed E-state index contributed by atoms with van der Waals surface area (Å²) >= 11 is 0. The smallest absolute Gasteiger partial charge is 0.341 e. The molecule has 35 heavy (non-hydrogen) atoms. The first-order valence-corrected chi connectivity index (χ1v) is 11.7. The molecule has 0 radical (unpaired) electrons. The molecule has 4 aromatic heterocycles. The number of ether oxygens (including phenoxy) is 1. The molecule has 0 bridgehead atoms. The summed E-state index contributed by atoms with van der Waals surface area (Å²) in [6, 6.07) is 5.08. The van der Waals surface area contributed by atoms with Crippen LogP contribution in [0.3, 0.4) is 0 Å². The van der Waals surface area contributed by atoms with Gasteiger partial charge in [0, 0.05) is 13.2 Å². The zero-order valence-corrected chi connectivity index (χ0v) is 19.9. The van der Waals surface area contributed by atoms with E-state index in [1.807, 2.05) is 6.07 Å². The van der Waals surface area contributed by atoms with E-state index in [1.54, 1.807) is 30.1 Å². The van der Waals surface area contributed by atoms with Gasteiger partial charge < -0.3 is 19.5 Å². The number of imidazole rings is 1. The lowest BCUT2D eigenvalue weighted by Crippen LogP contribution is -2.36. The van der Waals surface area contributed by atoms with Gasteiger partial charge in [-0.15, -0.1) is 0 Å². The van der Waals surface area contributed by atoms with E-state index in [2.05, 4.69) is 27.3 Å². The molecule has 0 aliphatic heterocycles. The van der Waals surface area contributed by atoms with Gasteiger partial charge in [-0.25, -0.2) is 14.8 Å². The van der Waals surface area contributed by atoms with Gasteiger partial charge in [-0.2, -0.15) is 5.10 Å². The van der Waals surface area contributed by atoms with Crippen LogP contribution in [0.2, 0.25) is 0 Å². The van der Waals surface area contributed by atoms with E-state index in [-0.39, 0.29) is 17.9 Å². The highest BCUT2D eigenvalue weighted by atomic mass is 16.5. The molecule has 1 aliphatic carbocycles. The van der Waals surface area contributed by atoms with Crippen LogP contribution in [0.5, 0.6) is 0 Å². The van der Waals surface area contributed by atoms with Gasteiger partial charge in [0.25, 0.3) is 5.91 Å². The number of carbonyl (C=O) groups is 2. The third-order valence-corrected chi connectivity index (χ3v) is 6.87. The summed E-state index contributed by atoms with van der Waals surface area (Å²) in [6.45, 7) is 2.27. The number of hydrogen-bond acceptors (Lipinski definition) is 7. The van der Waals surface area contributed by atoms with Crippen molar-refractivity contribution >= 4 is 23.0 Å². The Balaban J connectivity index is 1.49. The minimum atomic E-state index is -0.497. The molecule has 0 unspecified atom stereocenters. The molecular weight excluding hydrogens is 448 g/mol. The fraction of sp³-hybridized carbons (Fsp3) is 0.400. The summed E-state index contributed by atoms with van der Waals surface area (Å²) in [5.41, 5.74) is 3.12. The first kappa shape index (κ1) is 22.8. The zero-order chi connectivity index (χ0) is 24.5. The fourth-order valence-electron chi connectivity index (χ4n) is 4.81. The first-order chi connectivity index (χ1) is 16.9. The van der Waals surface area contributed by atoms with Crippen molar-refractivity contribution in [3.63, 3.8) is 0 Å². The summed E-state index contributed by atoms with van der Waals surface area (Å²) in [5.74, 6) is 0.911. The Bertz CT molecular complexity index is 1360. The first-order valence-electron chi connectivity index (χ1n) is 11.7. The van der Waals surface area contributed by atoms with Gasteiger partial charge in [-0.1, -0.05) is 19.8 Å². The van der Waals surface area contributed by atoms with Gasteiger partial charge in [0.2, 0.25) is 0 Å². The van der Waals surface area contributed by atoms with Crippen LogP contribution >= 0.6 is 0 Å². The van der Waals surface area contributed by atoms with Gasteiger partial charge >= 0.3 is 5.97 Å². The minimum Gasteiger partial charge on any atom is -0.471 e. The van der Waals surface area contributed by atoms with Crippen molar-refractivity contribution in [2.45, 2.75) is 38.6 Å². The number of nitrogens with one attached hydrogen (secondary N) is 2. The fourth-order valence-corrected chi connectivity index (χ4v) is 4.81. The summed E-state index contributed by atoms with van der Waals surface area (Å²) in [5, 5.41) is 7.31. The normalized spacial score (nSPS) is 18.9. The van der Waals surface area contributed by atoms with E-state index in [9.17, 15) is 9.59 Å². The van der Waals surface area contributed by atoms with E-state index in [4.69, 9.17) is 14.1 Å². The van der Waals surface area contributed by atoms with Crippen molar-refractivity contribution in [1.82, 2.24) is 30.0 Å².